The monoisotopic (exact) mass is 129 g/mol. The first-order valence-corrected chi connectivity index (χ1v) is 2.29. The highest BCUT2D eigenvalue weighted by atomic mass is 15.2. The molecule has 0 unspecified atom stereocenters. The van der Waals surface area contributed by atoms with Crippen molar-refractivity contribution in [1.82, 2.24) is 0 Å². The van der Waals surface area contributed by atoms with Crippen molar-refractivity contribution in [3.63, 3.8) is 0 Å². The number of nitrogens with one attached hydrogen (secondary N) is 1. The molecular formula is C7H10N2. The van der Waals surface area contributed by atoms with Crippen LogP contribution in [0.2, 0.25) is 0 Å². The van der Waals surface area contributed by atoms with Crippen molar-refractivity contribution in [3.05, 3.63) is 29.7 Å². The lowest BCUT2D eigenvalue weighted by Gasteiger charge is -1.97. The summed E-state index contributed by atoms with van der Waals surface area (Å²) in [7, 11) is 0. The molecule has 0 spiro atoms. The Bertz CT molecular complexity index is 397. The quantitative estimate of drug-likeness (QED) is 0.443. The third-order valence-corrected chi connectivity index (χ3v) is 0.769. The molecule has 0 fully saturated rings. The van der Waals surface area contributed by atoms with Crippen molar-refractivity contribution >= 4 is 5.69 Å². The van der Waals surface area contributed by atoms with Gasteiger partial charge in [0.1, 0.15) is 0 Å². The van der Waals surface area contributed by atoms with Gasteiger partial charge in [0.2, 0.25) is 0 Å². The van der Waals surface area contributed by atoms with Crippen LogP contribution in [0.4, 0.5) is 5.69 Å². The van der Waals surface area contributed by atoms with Gasteiger partial charge in [-0.15, -0.1) is 0 Å². The van der Waals surface area contributed by atoms with Crippen LogP contribution in [0, 0.1) is 6.85 Å². The topological polar surface area (TPSA) is 38.0 Å². The van der Waals surface area contributed by atoms with Gasteiger partial charge >= 0.3 is 0 Å². The van der Waals surface area contributed by atoms with Crippen molar-refractivity contribution in [3.8, 4) is 0 Å². The Morgan fingerprint density at radius 1 is 1.56 bits per heavy atom. The van der Waals surface area contributed by atoms with Crippen LogP contribution in [0.25, 0.3) is 0 Å². The summed E-state index contributed by atoms with van der Waals surface area (Å²) in [6.07, 6.45) is 0. The van der Waals surface area contributed by atoms with E-state index in [1.165, 1.54) is 0 Å². The number of rotatable bonds is 1. The number of hydrogen-bond donors (Lipinski definition) is 2. The maximum absolute atomic E-state index is 7.49. The van der Waals surface area contributed by atoms with Crippen LogP contribution in [0.5, 0.6) is 0 Å². The molecule has 9 heavy (non-hydrogen) atoms. The molecule has 0 saturated carbocycles. The zero-order chi connectivity index (χ0) is 12.7. The predicted molar refractivity (Wildman–Crippen MR) is 39.0 cm³/mol. The highest BCUT2D eigenvalue weighted by Crippen LogP contribution is 2.05. The molecule has 0 amide bonds. The molecule has 0 aliphatic heterocycles. The Kier molecular flexibility index (Phi) is 0.482. The van der Waals surface area contributed by atoms with E-state index in [0.717, 1.165) is 0 Å². The Morgan fingerprint density at radius 2 is 2.22 bits per heavy atom. The number of anilines is 1. The first-order valence-electron chi connectivity index (χ1n) is 5.79. The first-order chi connectivity index (χ1) is 7.21. The molecule has 0 atom stereocenters. The Labute approximate surface area is 64.5 Å². The van der Waals surface area contributed by atoms with Gasteiger partial charge in [-0.2, -0.15) is 0 Å². The Hall–Kier alpha value is -1.02. The maximum Gasteiger partial charge on any atom is 0.0645 e. The molecule has 2 heteroatoms. The van der Waals surface area contributed by atoms with Crippen LogP contribution >= 0.6 is 0 Å². The van der Waals surface area contributed by atoms with E-state index in [4.69, 9.17) is 15.4 Å². The molecule has 0 aromatic heterocycles. The first kappa shape index (κ1) is 1.73. The third-order valence-electron chi connectivity index (χ3n) is 0.769. The van der Waals surface area contributed by atoms with Gasteiger partial charge in [-0.3, -0.25) is 5.84 Å². The van der Waals surface area contributed by atoms with Gasteiger partial charge in [0.05, 0.1) is 5.48 Å². The summed E-state index contributed by atoms with van der Waals surface area (Å²) < 4.78 is 51.4. The largest absolute Gasteiger partial charge is 0.324 e. The number of hydrogen-bond acceptors (Lipinski definition) is 2. The normalized spacial score (nSPS) is 21.7. The van der Waals surface area contributed by atoms with Gasteiger partial charge in [0.25, 0.3) is 0 Å². The van der Waals surface area contributed by atoms with Gasteiger partial charge < -0.3 is 5.43 Å². The molecule has 0 bridgehead atoms. The molecule has 0 aliphatic rings. The molecule has 0 aliphatic carbocycles. The number of benzene rings is 1. The van der Waals surface area contributed by atoms with E-state index in [1.807, 2.05) is 5.43 Å². The molecule has 0 radical (unpaired) electrons. The van der Waals surface area contributed by atoms with E-state index in [2.05, 4.69) is 0 Å². The van der Waals surface area contributed by atoms with Gasteiger partial charge in [0, 0.05) is 9.80 Å². The van der Waals surface area contributed by atoms with E-state index in [-0.39, 0.29) is 5.69 Å². The lowest BCUT2D eigenvalue weighted by molar-refractivity contribution is 1.34. The average molecular weight is 129 g/mol. The summed E-state index contributed by atoms with van der Waals surface area (Å²) in [5.74, 6) is 5.05. The lowest BCUT2D eigenvalue weighted by Crippen LogP contribution is -2.05. The van der Waals surface area contributed by atoms with Crippen LogP contribution in [-0.2, 0) is 0 Å². The van der Waals surface area contributed by atoms with Crippen LogP contribution in [0.15, 0.2) is 24.2 Å². The Balaban J connectivity index is 3.67. The molecule has 1 aromatic carbocycles. The molecule has 0 saturated heterocycles. The third kappa shape index (κ3) is 1.44. The van der Waals surface area contributed by atoms with Crippen LogP contribution in [-0.4, -0.2) is 0 Å². The van der Waals surface area contributed by atoms with E-state index in [1.54, 1.807) is 0 Å². The van der Waals surface area contributed by atoms with Gasteiger partial charge in [-0.1, -0.05) is 17.6 Å². The fourth-order valence-corrected chi connectivity index (χ4v) is 0.385. The SMILES string of the molecule is [2H]c1c([2H])c(C([2H])([2H])[2H])c([2H])c([2H])c1NN. The van der Waals surface area contributed by atoms with Crippen molar-refractivity contribution in [2.24, 2.45) is 5.84 Å². The second-order valence-electron chi connectivity index (χ2n) is 1.39. The molecule has 3 N–H and O–H groups in total. The summed E-state index contributed by atoms with van der Waals surface area (Å²) in [6.45, 7) is -2.69. The van der Waals surface area contributed by atoms with Crippen molar-refractivity contribution in [2.75, 3.05) is 5.43 Å². The summed E-state index contributed by atoms with van der Waals surface area (Å²) in [4.78, 5) is 0. The van der Waals surface area contributed by atoms with E-state index >= 15 is 0 Å². The number of nitrogens with two attached hydrogens (primary N) is 1. The minimum Gasteiger partial charge on any atom is -0.324 e. The summed E-state index contributed by atoms with van der Waals surface area (Å²) in [5.41, 5.74) is 1.21. The predicted octanol–water partition coefficient (Wildman–Crippen LogP) is 1.28. The molecular weight excluding hydrogens is 112 g/mol. The highest BCUT2D eigenvalue weighted by Gasteiger charge is 1.84. The van der Waals surface area contributed by atoms with Crippen molar-refractivity contribution in [2.45, 2.75) is 6.85 Å². The second-order valence-corrected chi connectivity index (χ2v) is 1.39. The molecule has 0 heterocycles. The van der Waals surface area contributed by atoms with E-state index in [0.29, 0.717) is 0 Å². The zero-order valence-corrected chi connectivity index (χ0v) is 4.58. The van der Waals surface area contributed by atoms with E-state index in [9.17, 15) is 0 Å². The zero-order valence-electron chi connectivity index (χ0n) is 11.6. The minimum absolute atomic E-state index is 0.219. The fraction of sp³-hybridized carbons (Fsp3) is 0.143. The second kappa shape index (κ2) is 2.51. The van der Waals surface area contributed by atoms with Gasteiger partial charge in [-0.05, 0) is 18.9 Å². The van der Waals surface area contributed by atoms with Crippen LogP contribution < -0.4 is 11.3 Å². The standard InChI is InChI=1S/C7H10N2/c1-6-2-4-7(9-8)5-3-6/h2-5,9H,8H2,1H3/i1D3,2D,3D,4D,5D. The summed E-state index contributed by atoms with van der Waals surface area (Å²) >= 11 is 0. The average Bonchev–Trinajstić information content (AvgIpc) is 2.14. The van der Waals surface area contributed by atoms with Crippen molar-refractivity contribution in [1.29, 1.82) is 0 Å². The van der Waals surface area contributed by atoms with Gasteiger partial charge in [0.15, 0.2) is 0 Å². The maximum atomic E-state index is 7.49. The minimum atomic E-state index is -2.69. The lowest BCUT2D eigenvalue weighted by atomic mass is 10.2. The summed E-state index contributed by atoms with van der Waals surface area (Å²) in [5, 5.41) is 0. The van der Waals surface area contributed by atoms with Crippen LogP contribution in [0.1, 0.15) is 15.2 Å². The van der Waals surface area contributed by atoms with Crippen LogP contribution in [0.3, 0.4) is 0 Å². The number of hydrazine groups is 1. The van der Waals surface area contributed by atoms with Gasteiger partial charge in [-0.25, -0.2) is 0 Å². The van der Waals surface area contributed by atoms with Crippen molar-refractivity contribution < 1.29 is 9.60 Å². The fourth-order valence-electron chi connectivity index (χ4n) is 0.385. The molecule has 1 rings (SSSR count). The Morgan fingerprint density at radius 3 is 2.67 bits per heavy atom. The molecule has 48 valence electrons. The summed E-state index contributed by atoms with van der Waals surface area (Å²) in [6, 6.07) is -2.19. The van der Waals surface area contributed by atoms with E-state index < -0.39 is 36.6 Å². The molecule has 2 nitrogen and oxygen atoms in total. The molecule has 1 aromatic rings. The smallest absolute Gasteiger partial charge is 0.0645 e. The highest BCUT2D eigenvalue weighted by molar-refractivity contribution is 5.42. The number of nitrogen functional groups attached to an aromatic ring is 1.